The van der Waals surface area contributed by atoms with Crippen LogP contribution in [0.15, 0.2) is 11.6 Å². The van der Waals surface area contributed by atoms with Gasteiger partial charge >= 0.3 is 0 Å². The van der Waals surface area contributed by atoms with Gasteiger partial charge in [-0.2, -0.15) is 0 Å². The minimum Gasteiger partial charge on any atom is -0.396 e. The minimum atomic E-state index is -0.125. The first-order chi connectivity index (χ1) is 7.43. The lowest BCUT2D eigenvalue weighted by Crippen LogP contribution is -2.44. The molecule has 0 aliphatic carbocycles. The Morgan fingerprint density at radius 2 is 2.12 bits per heavy atom. The third kappa shape index (κ3) is 3.27. The van der Waals surface area contributed by atoms with Gasteiger partial charge < -0.3 is 10.4 Å². The van der Waals surface area contributed by atoms with Crippen LogP contribution in [0.25, 0.3) is 0 Å². The SMILES string of the molecule is CCC(C)(CO)CNC(C)(C)c1nccs1. The molecule has 1 aromatic rings. The molecule has 0 saturated carbocycles. The van der Waals surface area contributed by atoms with E-state index in [0.29, 0.717) is 0 Å². The molecule has 0 spiro atoms. The first-order valence-electron chi connectivity index (χ1n) is 5.69. The van der Waals surface area contributed by atoms with E-state index in [1.54, 1.807) is 11.3 Å². The van der Waals surface area contributed by atoms with Crippen LogP contribution in [0, 0.1) is 5.41 Å². The van der Waals surface area contributed by atoms with Crippen molar-refractivity contribution >= 4 is 11.3 Å². The summed E-state index contributed by atoms with van der Waals surface area (Å²) < 4.78 is 0. The van der Waals surface area contributed by atoms with Gasteiger partial charge in [-0.05, 0) is 20.3 Å². The molecule has 1 atom stereocenters. The summed E-state index contributed by atoms with van der Waals surface area (Å²) in [6, 6.07) is 0. The van der Waals surface area contributed by atoms with Crippen LogP contribution in [0.2, 0.25) is 0 Å². The predicted molar refractivity (Wildman–Crippen MR) is 68.6 cm³/mol. The fourth-order valence-corrected chi connectivity index (χ4v) is 2.07. The van der Waals surface area contributed by atoms with E-state index in [1.807, 2.05) is 11.6 Å². The molecule has 0 amide bonds. The Labute approximate surface area is 102 Å². The molecule has 3 nitrogen and oxygen atoms in total. The van der Waals surface area contributed by atoms with Crippen LogP contribution in [0.3, 0.4) is 0 Å². The molecule has 16 heavy (non-hydrogen) atoms. The van der Waals surface area contributed by atoms with E-state index in [9.17, 15) is 5.11 Å². The van der Waals surface area contributed by atoms with Gasteiger partial charge in [0.25, 0.3) is 0 Å². The summed E-state index contributed by atoms with van der Waals surface area (Å²) in [7, 11) is 0. The molecule has 1 rings (SSSR count). The average molecular weight is 242 g/mol. The number of thiazole rings is 1. The maximum absolute atomic E-state index is 9.36. The standard InChI is InChI=1S/C12H22N2OS/c1-5-12(4,9-15)8-14-11(2,3)10-13-6-7-16-10/h6-7,14-15H,5,8-9H2,1-4H3. The zero-order valence-corrected chi connectivity index (χ0v) is 11.4. The van der Waals surface area contributed by atoms with Crippen molar-refractivity contribution in [3.8, 4) is 0 Å². The Hall–Kier alpha value is -0.450. The highest BCUT2D eigenvalue weighted by atomic mass is 32.1. The summed E-state index contributed by atoms with van der Waals surface area (Å²) in [6.45, 7) is 9.46. The van der Waals surface area contributed by atoms with E-state index >= 15 is 0 Å². The Bertz CT molecular complexity index is 305. The normalized spacial score (nSPS) is 16.1. The van der Waals surface area contributed by atoms with Crippen LogP contribution < -0.4 is 5.32 Å². The van der Waals surface area contributed by atoms with E-state index in [-0.39, 0.29) is 17.6 Å². The van der Waals surface area contributed by atoms with Gasteiger partial charge in [0.1, 0.15) is 5.01 Å². The maximum atomic E-state index is 9.36. The van der Waals surface area contributed by atoms with Crippen LogP contribution in [0.5, 0.6) is 0 Å². The monoisotopic (exact) mass is 242 g/mol. The van der Waals surface area contributed by atoms with Gasteiger partial charge in [0.2, 0.25) is 0 Å². The number of aliphatic hydroxyl groups excluding tert-OH is 1. The topological polar surface area (TPSA) is 45.1 Å². The number of aliphatic hydroxyl groups is 1. The van der Waals surface area contributed by atoms with Crippen molar-refractivity contribution < 1.29 is 5.11 Å². The number of nitrogens with zero attached hydrogens (tertiary/aromatic N) is 1. The fraction of sp³-hybridized carbons (Fsp3) is 0.750. The second kappa shape index (κ2) is 5.25. The number of rotatable bonds is 6. The molecule has 1 heterocycles. The minimum absolute atomic E-state index is 0.0471. The second-order valence-corrected chi connectivity index (χ2v) is 6.03. The molecule has 1 unspecified atom stereocenters. The van der Waals surface area contributed by atoms with Crippen molar-refractivity contribution in [1.82, 2.24) is 10.3 Å². The van der Waals surface area contributed by atoms with Crippen molar-refractivity contribution in [2.24, 2.45) is 5.41 Å². The molecule has 2 N–H and O–H groups in total. The van der Waals surface area contributed by atoms with E-state index < -0.39 is 0 Å². The van der Waals surface area contributed by atoms with Crippen molar-refractivity contribution in [3.05, 3.63) is 16.6 Å². The van der Waals surface area contributed by atoms with Gasteiger partial charge in [0.15, 0.2) is 0 Å². The molecule has 1 aromatic heterocycles. The largest absolute Gasteiger partial charge is 0.396 e. The number of aromatic nitrogens is 1. The number of hydrogen-bond donors (Lipinski definition) is 2. The molecule has 0 aliphatic rings. The number of nitrogens with one attached hydrogen (secondary N) is 1. The highest BCUT2D eigenvalue weighted by Gasteiger charge is 2.28. The first-order valence-corrected chi connectivity index (χ1v) is 6.57. The zero-order valence-electron chi connectivity index (χ0n) is 10.6. The molecule has 4 heteroatoms. The Balaban J connectivity index is 2.61. The highest BCUT2D eigenvalue weighted by molar-refractivity contribution is 7.09. The van der Waals surface area contributed by atoms with Gasteiger partial charge in [-0.25, -0.2) is 4.98 Å². The van der Waals surface area contributed by atoms with E-state index in [4.69, 9.17) is 0 Å². The van der Waals surface area contributed by atoms with Gasteiger partial charge in [0.05, 0.1) is 5.54 Å². The summed E-state index contributed by atoms with van der Waals surface area (Å²) in [4.78, 5) is 4.33. The lowest BCUT2D eigenvalue weighted by Gasteiger charge is -2.32. The lowest BCUT2D eigenvalue weighted by atomic mass is 9.87. The molecule has 0 bridgehead atoms. The van der Waals surface area contributed by atoms with Crippen molar-refractivity contribution in [2.75, 3.05) is 13.2 Å². The van der Waals surface area contributed by atoms with Crippen molar-refractivity contribution in [3.63, 3.8) is 0 Å². The summed E-state index contributed by atoms with van der Waals surface area (Å²) in [6.07, 6.45) is 2.79. The lowest BCUT2D eigenvalue weighted by molar-refractivity contribution is 0.125. The van der Waals surface area contributed by atoms with Crippen LogP contribution in [0.1, 0.15) is 39.1 Å². The van der Waals surface area contributed by atoms with Gasteiger partial charge in [-0.15, -0.1) is 11.3 Å². The molecule has 0 radical (unpaired) electrons. The Kier molecular flexibility index (Phi) is 4.47. The zero-order chi connectivity index (χ0) is 12.2. The smallest absolute Gasteiger partial charge is 0.112 e. The average Bonchev–Trinajstić information content (AvgIpc) is 2.80. The van der Waals surface area contributed by atoms with Gasteiger partial charge in [-0.1, -0.05) is 13.8 Å². The molecule has 0 saturated heterocycles. The highest BCUT2D eigenvalue weighted by Crippen LogP contribution is 2.25. The fourth-order valence-electron chi connectivity index (χ4n) is 1.33. The molecule has 0 aromatic carbocycles. The predicted octanol–water partition coefficient (Wildman–Crippen LogP) is 2.38. The van der Waals surface area contributed by atoms with Gasteiger partial charge in [-0.3, -0.25) is 0 Å². The van der Waals surface area contributed by atoms with E-state index in [2.05, 4.69) is 38.0 Å². The molecular formula is C12H22N2OS. The van der Waals surface area contributed by atoms with Crippen LogP contribution >= 0.6 is 11.3 Å². The summed E-state index contributed by atoms with van der Waals surface area (Å²) in [5.74, 6) is 0. The maximum Gasteiger partial charge on any atom is 0.112 e. The third-order valence-electron chi connectivity index (χ3n) is 3.16. The van der Waals surface area contributed by atoms with Crippen LogP contribution in [0.4, 0.5) is 0 Å². The Morgan fingerprint density at radius 1 is 1.44 bits per heavy atom. The summed E-state index contributed by atoms with van der Waals surface area (Å²) in [5.41, 5.74) is -0.172. The van der Waals surface area contributed by atoms with Crippen LogP contribution in [-0.4, -0.2) is 23.2 Å². The second-order valence-electron chi connectivity index (χ2n) is 5.14. The van der Waals surface area contributed by atoms with E-state index in [1.165, 1.54) is 0 Å². The number of hydrogen-bond acceptors (Lipinski definition) is 4. The summed E-state index contributed by atoms with van der Waals surface area (Å²) in [5, 5.41) is 15.9. The molecular weight excluding hydrogens is 220 g/mol. The van der Waals surface area contributed by atoms with E-state index in [0.717, 1.165) is 18.0 Å². The van der Waals surface area contributed by atoms with Crippen LogP contribution in [-0.2, 0) is 5.54 Å². The molecule has 0 aliphatic heterocycles. The van der Waals surface area contributed by atoms with Crippen molar-refractivity contribution in [1.29, 1.82) is 0 Å². The Morgan fingerprint density at radius 3 is 2.56 bits per heavy atom. The van der Waals surface area contributed by atoms with Gasteiger partial charge in [0, 0.05) is 30.1 Å². The molecule has 0 fully saturated rings. The quantitative estimate of drug-likeness (QED) is 0.805. The third-order valence-corrected chi connectivity index (χ3v) is 4.26. The summed E-state index contributed by atoms with van der Waals surface area (Å²) >= 11 is 1.66. The first kappa shape index (κ1) is 13.6. The van der Waals surface area contributed by atoms with Crippen molar-refractivity contribution in [2.45, 2.75) is 39.7 Å². The molecule has 92 valence electrons.